The van der Waals surface area contributed by atoms with Gasteiger partial charge in [0.25, 0.3) is 5.91 Å². The topological polar surface area (TPSA) is 92.3 Å². The minimum atomic E-state index is -0.541. The third-order valence-corrected chi connectivity index (χ3v) is 4.70. The summed E-state index contributed by atoms with van der Waals surface area (Å²) in [6.45, 7) is 2.84. The van der Waals surface area contributed by atoms with Gasteiger partial charge < -0.3 is 19.8 Å². The van der Waals surface area contributed by atoms with Gasteiger partial charge in [-0.15, -0.1) is 0 Å². The van der Waals surface area contributed by atoms with Crippen LogP contribution in [0.25, 0.3) is 11.0 Å². The standard InChI is InChI=1S/C14H18N4O3S/c1-14(20-2)7-21-6-10(14)18-9(11(15)19)4-8-5-16-13(22-3)17-12(8)18/h4-5,10H,6-7H2,1-3H3,(H2,15,19)/t10-,14+/m1/s1. The molecule has 0 aromatic carbocycles. The van der Waals surface area contributed by atoms with E-state index in [1.807, 2.05) is 17.7 Å². The maximum absolute atomic E-state index is 11.9. The first kappa shape index (κ1) is 15.3. The number of methoxy groups -OCH3 is 1. The molecule has 3 rings (SSSR count). The number of nitrogens with zero attached hydrogens (tertiary/aromatic N) is 3. The highest BCUT2D eigenvalue weighted by Crippen LogP contribution is 2.36. The van der Waals surface area contributed by atoms with E-state index in [1.54, 1.807) is 19.4 Å². The Balaban J connectivity index is 2.25. The molecule has 1 saturated heterocycles. The smallest absolute Gasteiger partial charge is 0.265 e. The maximum Gasteiger partial charge on any atom is 0.265 e. The summed E-state index contributed by atoms with van der Waals surface area (Å²) < 4.78 is 13.0. The number of hydrogen-bond donors (Lipinski definition) is 1. The van der Waals surface area contributed by atoms with E-state index in [2.05, 4.69) is 9.97 Å². The van der Waals surface area contributed by atoms with Crippen molar-refractivity contribution in [1.82, 2.24) is 14.5 Å². The van der Waals surface area contributed by atoms with Crippen molar-refractivity contribution in [1.29, 1.82) is 0 Å². The third kappa shape index (κ3) is 2.27. The Kier molecular flexibility index (Phi) is 3.84. The fraction of sp³-hybridized carbons (Fsp3) is 0.500. The van der Waals surface area contributed by atoms with Crippen molar-refractivity contribution >= 4 is 28.7 Å². The van der Waals surface area contributed by atoms with E-state index in [9.17, 15) is 4.79 Å². The minimum Gasteiger partial charge on any atom is -0.376 e. The number of primary amides is 1. The third-order valence-electron chi connectivity index (χ3n) is 4.14. The molecule has 1 aliphatic heterocycles. The quantitative estimate of drug-likeness (QED) is 0.672. The lowest BCUT2D eigenvalue weighted by Gasteiger charge is -2.30. The minimum absolute atomic E-state index is 0.179. The van der Waals surface area contributed by atoms with Crippen molar-refractivity contribution in [3.05, 3.63) is 18.0 Å². The van der Waals surface area contributed by atoms with Crippen LogP contribution in [0.2, 0.25) is 0 Å². The van der Waals surface area contributed by atoms with E-state index < -0.39 is 11.5 Å². The number of carbonyl (C=O) groups is 1. The second-order valence-corrected chi connectivity index (χ2v) is 6.22. The molecule has 8 heteroatoms. The maximum atomic E-state index is 11.9. The van der Waals surface area contributed by atoms with Crippen LogP contribution in [0.15, 0.2) is 17.4 Å². The SMILES string of the molecule is CO[C@@]1(C)COC[C@H]1n1c(C(N)=O)cc2cnc(SC)nc21. The zero-order valence-electron chi connectivity index (χ0n) is 12.7. The molecule has 0 radical (unpaired) electrons. The van der Waals surface area contributed by atoms with Gasteiger partial charge in [-0.3, -0.25) is 4.79 Å². The first-order chi connectivity index (χ1) is 10.5. The lowest BCUT2D eigenvalue weighted by molar-refractivity contribution is -0.0217. The van der Waals surface area contributed by atoms with Crippen LogP contribution < -0.4 is 5.73 Å². The number of aromatic nitrogens is 3. The molecule has 2 N–H and O–H groups in total. The summed E-state index contributed by atoms with van der Waals surface area (Å²) in [6.07, 6.45) is 3.61. The molecule has 2 aromatic heterocycles. The fourth-order valence-electron chi connectivity index (χ4n) is 2.78. The van der Waals surface area contributed by atoms with Crippen molar-refractivity contribution in [2.45, 2.75) is 23.7 Å². The molecule has 1 fully saturated rings. The Labute approximate surface area is 132 Å². The summed E-state index contributed by atoms with van der Waals surface area (Å²) in [6, 6.07) is 1.54. The van der Waals surface area contributed by atoms with Crippen LogP contribution >= 0.6 is 11.8 Å². The Hall–Kier alpha value is -1.64. The molecule has 1 aliphatic rings. The Bertz CT molecular complexity index is 732. The lowest BCUT2D eigenvalue weighted by Crippen LogP contribution is -2.39. The zero-order valence-corrected chi connectivity index (χ0v) is 13.5. The van der Waals surface area contributed by atoms with Gasteiger partial charge in [0, 0.05) is 18.7 Å². The Morgan fingerprint density at radius 3 is 3.05 bits per heavy atom. The molecule has 7 nitrogen and oxygen atoms in total. The van der Waals surface area contributed by atoms with Crippen LogP contribution in [0.5, 0.6) is 0 Å². The molecule has 0 aliphatic carbocycles. The predicted molar refractivity (Wildman–Crippen MR) is 83.1 cm³/mol. The number of thioether (sulfide) groups is 1. The van der Waals surface area contributed by atoms with Crippen LogP contribution in [-0.4, -0.2) is 52.6 Å². The average molecular weight is 322 g/mol. The van der Waals surface area contributed by atoms with Gasteiger partial charge in [0.1, 0.15) is 16.9 Å². The van der Waals surface area contributed by atoms with E-state index in [1.165, 1.54) is 11.8 Å². The number of amides is 1. The average Bonchev–Trinajstić information content (AvgIpc) is 3.07. The largest absolute Gasteiger partial charge is 0.376 e. The van der Waals surface area contributed by atoms with Crippen molar-refractivity contribution in [2.24, 2.45) is 5.73 Å². The fourth-order valence-corrected chi connectivity index (χ4v) is 3.12. The molecule has 2 atom stereocenters. The van der Waals surface area contributed by atoms with E-state index in [0.717, 1.165) is 5.39 Å². The molecular formula is C14H18N4O3S. The van der Waals surface area contributed by atoms with Gasteiger partial charge in [0.05, 0.1) is 19.3 Å². The number of fused-ring (bicyclic) bond motifs is 1. The van der Waals surface area contributed by atoms with Crippen molar-refractivity contribution in [3.63, 3.8) is 0 Å². The van der Waals surface area contributed by atoms with E-state index in [-0.39, 0.29) is 6.04 Å². The van der Waals surface area contributed by atoms with E-state index in [4.69, 9.17) is 15.2 Å². The Morgan fingerprint density at radius 2 is 2.41 bits per heavy atom. The molecule has 1 amide bonds. The van der Waals surface area contributed by atoms with E-state index in [0.29, 0.717) is 29.7 Å². The second-order valence-electron chi connectivity index (χ2n) is 5.45. The van der Waals surface area contributed by atoms with Crippen LogP contribution in [0.4, 0.5) is 0 Å². The molecule has 0 spiro atoms. The van der Waals surface area contributed by atoms with Gasteiger partial charge in [-0.1, -0.05) is 11.8 Å². The molecule has 118 valence electrons. The first-order valence-electron chi connectivity index (χ1n) is 6.85. The summed E-state index contributed by atoms with van der Waals surface area (Å²) >= 11 is 1.44. The molecule has 2 aromatic rings. The van der Waals surface area contributed by atoms with Gasteiger partial charge in [0.2, 0.25) is 0 Å². The number of ether oxygens (including phenoxy) is 2. The number of rotatable bonds is 4. The summed E-state index contributed by atoms with van der Waals surface area (Å²) in [7, 11) is 1.64. The normalized spacial score (nSPS) is 25.0. The van der Waals surface area contributed by atoms with Crippen LogP contribution in [0, 0.1) is 0 Å². The van der Waals surface area contributed by atoms with Gasteiger partial charge in [-0.05, 0) is 19.2 Å². The number of nitrogens with two attached hydrogens (primary N) is 1. The molecule has 0 unspecified atom stereocenters. The van der Waals surface area contributed by atoms with Crippen LogP contribution in [0.1, 0.15) is 23.5 Å². The monoisotopic (exact) mass is 322 g/mol. The van der Waals surface area contributed by atoms with Gasteiger partial charge in [-0.2, -0.15) is 0 Å². The number of carbonyl (C=O) groups excluding carboxylic acids is 1. The van der Waals surface area contributed by atoms with Gasteiger partial charge in [0.15, 0.2) is 5.16 Å². The van der Waals surface area contributed by atoms with Crippen LogP contribution in [-0.2, 0) is 9.47 Å². The van der Waals surface area contributed by atoms with Gasteiger partial charge in [-0.25, -0.2) is 9.97 Å². The van der Waals surface area contributed by atoms with Crippen molar-refractivity contribution in [2.75, 3.05) is 26.6 Å². The van der Waals surface area contributed by atoms with Crippen molar-refractivity contribution in [3.8, 4) is 0 Å². The molecule has 3 heterocycles. The summed E-state index contributed by atoms with van der Waals surface area (Å²) in [5, 5.41) is 1.41. The lowest BCUT2D eigenvalue weighted by atomic mass is 10.00. The highest BCUT2D eigenvalue weighted by atomic mass is 32.2. The summed E-state index contributed by atoms with van der Waals surface area (Å²) in [4.78, 5) is 20.7. The number of hydrogen-bond acceptors (Lipinski definition) is 6. The highest BCUT2D eigenvalue weighted by molar-refractivity contribution is 7.98. The van der Waals surface area contributed by atoms with E-state index >= 15 is 0 Å². The first-order valence-corrected chi connectivity index (χ1v) is 8.07. The van der Waals surface area contributed by atoms with Gasteiger partial charge >= 0.3 is 0 Å². The summed E-state index contributed by atoms with van der Waals surface area (Å²) in [5.74, 6) is -0.506. The molecule has 0 bridgehead atoms. The molecule has 0 saturated carbocycles. The zero-order chi connectivity index (χ0) is 15.9. The second kappa shape index (κ2) is 5.53. The van der Waals surface area contributed by atoms with Crippen LogP contribution in [0.3, 0.4) is 0 Å². The highest BCUT2D eigenvalue weighted by Gasteiger charge is 2.43. The summed E-state index contributed by atoms with van der Waals surface area (Å²) in [5.41, 5.74) is 6.07. The molecule has 22 heavy (non-hydrogen) atoms. The van der Waals surface area contributed by atoms with Crippen molar-refractivity contribution < 1.29 is 14.3 Å². The predicted octanol–water partition coefficient (Wildman–Crippen LogP) is 1.23. The Morgan fingerprint density at radius 1 is 1.64 bits per heavy atom. The molecular weight excluding hydrogens is 304 g/mol.